The van der Waals surface area contributed by atoms with Crippen LogP contribution in [0.25, 0.3) is 0 Å². The van der Waals surface area contributed by atoms with Gasteiger partial charge in [0.1, 0.15) is 12.2 Å². The Balaban J connectivity index is 1.98. The SMILES string of the molecule is Cc1ccnc(NCc2ncn[nH]2)n1. The molecule has 2 N–H and O–H groups in total. The highest BCUT2D eigenvalue weighted by Crippen LogP contribution is 1.99. The van der Waals surface area contributed by atoms with Crippen molar-refractivity contribution in [3.05, 3.63) is 30.1 Å². The highest BCUT2D eigenvalue weighted by molar-refractivity contribution is 5.24. The Labute approximate surface area is 80.8 Å². The van der Waals surface area contributed by atoms with Crippen LogP contribution in [0.1, 0.15) is 11.5 Å². The number of H-pyrrole nitrogens is 1. The number of aromatic amines is 1. The molecule has 2 rings (SSSR count). The third-order valence-corrected chi connectivity index (χ3v) is 1.67. The van der Waals surface area contributed by atoms with E-state index in [4.69, 9.17) is 0 Å². The van der Waals surface area contributed by atoms with Gasteiger partial charge in [0.25, 0.3) is 0 Å². The van der Waals surface area contributed by atoms with Gasteiger partial charge in [0.05, 0.1) is 6.54 Å². The summed E-state index contributed by atoms with van der Waals surface area (Å²) in [6.45, 7) is 2.46. The highest BCUT2D eigenvalue weighted by atomic mass is 15.2. The monoisotopic (exact) mass is 190 g/mol. The van der Waals surface area contributed by atoms with Crippen LogP contribution in [0.4, 0.5) is 5.95 Å². The Morgan fingerprint density at radius 3 is 3.07 bits per heavy atom. The van der Waals surface area contributed by atoms with Gasteiger partial charge in [-0.05, 0) is 13.0 Å². The van der Waals surface area contributed by atoms with Crippen LogP contribution in [0.15, 0.2) is 18.6 Å². The summed E-state index contributed by atoms with van der Waals surface area (Å²) in [6.07, 6.45) is 3.18. The van der Waals surface area contributed by atoms with Crippen LogP contribution in [0.5, 0.6) is 0 Å². The number of anilines is 1. The Morgan fingerprint density at radius 1 is 1.43 bits per heavy atom. The van der Waals surface area contributed by atoms with Crippen LogP contribution in [0.2, 0.25) is 0 Å². The lowest BCUT2D eigenvalue weighted by molar-refractivity contribution is 0.931. The van der Waals surface area contributed by atoms with Gasteiger partial charge >= 0.3 is 0 Å². The minimum absolute atomic E-state index is 0.545. The maximum absolute atomic E-state index is 4.19. The van der Waals surface area contributed by atoms with Gasteiger partial charge in [-0.15, -0.1) is 0 Å². The van der Waals surface area contributed by atoms with E-state index in [1.165, 1.54) is 6.33 Å². The smallest absolute Gasteiger partial charge is 0.223 e. The fourth-order valence-electron chi connectivity index (χ4n) is 1.01. The summed E-state index contributed by atoms with van der Waals surface area (Å²) >= 11 is 0. The molecule has 0 aliphatic rings. The van der Waals surface area contributed by atoms with E-state index in [-0.39, 0.29) is 0 Å². The summed E-state index contributed by atoms with van der Waals surface area (Å²) in [4.78, 5) is 12.2. The molecule has 0 aromatic carbocycles. The zero-order valence-corrected chi connectivity index (χ0v) is 7.73. The average molecular weight is 190 g/mol. The summed E-state index contributed by atoms with van der Waals surface area (Å²) in [5, 5.41) is 9.51. The molecule has 0 amide bonds. The van der Waals surface area contributed by atoms with Gasteiger partial charge in [0.2, 0.25) is 5.95 Å². The summed E-state index contributed by atoms with van der Waals surface area (Å²) in [5.74, 6) is 1.36. The lowest BCUT2D eigenvalue weighted by Gasteiger charge is -2.01. The molecule has 2 aromatic rings. The van der Waals surface area contributed by atoms with Crippen molar-refractivity contribution in [2.45, 2.75) is 13.5 Å². The van der Waals surface area contributed by atoms with Gasteiger partial charge in [-0.2, -0.15) is 5.10 Å². The highest BCUT2D eigenvalue weighted by Gasteiger charge is 1.97. The third-order valence-electron chi connectivity index (χ3n) is 1.67. The van der Waals surface area contributed by atoms with Crippen molar-refractivity contribution in [2.24, 2.45) is 0 Å². The number of aromatic nitrogens is 5. The molecule has 6 nitrogen and oxygen atoms in total. The quantitative estimate of drug-likeness (QED) is 0.737. The van der Waals surface area contributed by atoms with E-state index in [2.05, 4.69) is 30.5 Å². The standard InChI is InChI=1S/C8H10N6/c1-6-2-3-9-8(13-6)10-4-7-11-5-12-14-7/h2-3,5H,4H2,1H3,(H,9,10,13)(H,11,12,14). The van der Waals surface area contributed by atoms with Crippen molar-refractivity contribution in [1.29, 1.82) is 0 Å². The minimum atomic E-state index is 0.545. The average Bonchev–Trinajstić information content (AvgIpc) is 2.67. The van der Waals surface area contributed by atoms with Crippen molar-refractivity contribution in [3.63, 3.8) is 0 Å². The van der Waals surface area contributed by atoms with E-state index in [1.807, 2.05) is 13.0 Å². The van der Waals surface area contributed by atoms with Crippen molar-refractivity contribution < 1.29 is 0 Å². The Morgan fingerprint density at radius 2 is 2.36 bits per heavy atom. The lowest BCUT2D eigenvalue weighted by atomic mass is 10.5. The second-order valence-electron chi connectivity index (χ2n) is 2.81. The largest absolute Gasteiger partial charge is 0.347 e. The normalized spacial score (nSPS) is 10.1. The van der Waals surface area contributed by atoms with Crippen LogP contribution < -0.4 is 5.32 Å². The molecule has 14 heavy (non-hydrogen) atoms. The third kappa shape index (κ3) is 2.03. The first kappa shape index (κ1) is 8.61. The summed E-state index contributed by atoms with van der Waals surface area (Å²) in [6, 6.07) is 1.85. The molecule has 0 aliphatic heterocycles. The molecule has 2 aromatic heterocycles. The molecule has 0 aliphatic carbocycles. The number of aryl methyl sites for hydroxylation is 1. The molecular formula is C8H10N6. The van der Waals surface area contributed by atoms with Gasteiger partial charge in [-0.3, -0.25) is 5.10 Å². The van der Waals surface area contributed by atoms with E-state index in [0.29, 0.717) is 12.5 Å². The van der Waals surface area contributed by atoms with Gasteiger partial charge in [-0.25, -0.2) is 15.0 Å². The van der Waals surface area contributed by atoms with Gasteiger partial charge in [-0.1, -0.05) is 0 Å². The predicted molar refractivity (Wildman–Crippen MR) is 50.5 cm³/mol. The summed E-state index contributed by atoms with van der Waals surface area (Å²) in [7, 11) is 0. The van der Waals surface area contributed by atoms with Gasteiger partial charge < -0.3 is 5.32 Å². The first-order valence-corrected chi connectivity index (χ1v) is 4.22. The van der Waals surface area contributed by atoms with Crippen LogP contribution in [0, 0.1) is 6.92 Å². The maximum Gasteiger partial charge on any atom is 0.223 e. The Bertz CT molecular complexity index is 396. The topological polar surface area (TPSA) is 79.4 Å². The van der Waals surface area contributed by atoms with Crippen LogP contribution in [-0.4, -0.2) is 25.1 Å². The fourth-order valence-corrected chi connectivity index (χ4v) is 1.01. The lowest BCUT2D eigenvalue weighted by Crippen LogP contribution is -2.05. The van der Waals surface area contributed by atoms with Gasteiger partial charge in [0.15, 0.2) is 0 Å². The second kappa shape index (κ2) is 3.82. The Kier molecular flexibility index (Phi) is 2.35. The number of hydrogen-bond donors (Lipinski definition) is 2. The zero-order chi connectivity index (χ0) is 9.80. The van der Waals surface area contributed by atoms with E-state index in [0.717, 1.165) is 11.5 Å². The predicted octanol–water partition coefficient (Wildman–Crippen LogP) is 0.515. The molecule has 0 saturated carbocycles. The molecule has 0 atom stereocenters. The summed E-state index contributed by atoms with van der Waals surface area (Å²) in [5.41, 5.74) is 0.931. The van der Waals surface area contributed by atoms with E-state index >= 15 is 0 Å². The molecule has 6 heteroatoms. The number of rotatable bonds is 3. The van der Waals surface area contributed by atoms with E-state index in [1.54, 1.807) is 6.20 Å². The molecule has 0 unspecified atom stereocenters. The van der Waals surface area contributed by atoms with Crippen molar-refractivity contribution in [1.82, 2.24) is 25.1 Å². The fraction of sp³-hybridized carbons (Fsp3) is 0.250. The molecular weight excluding hydrogens is 180 g/mol. The second-order valence-corrected chi connectivity index (χ2v) is 2.81. The molecule has 0 spiro atoms. The number of nitrogens with one attached hydrogen (secondary N) is 2. The van der Waals surface area contributed by atoms with E-state index < -0.39 is 0 Å². The molecule has 2 heterocycles. The van der Waals surface area contributed by atoms with Gasteiger partial charge in [0, 0.05) is 11.9 Å². The molecule has 72 valence electrons. The Hall–Kier alpha value is -1.98. The van der Waals surface area contributed by atoms with E-state index in [9.17, 15) is 0 Å². The van der Waals surface area contributed by atoms with Crippen LogP contribution in [-0.2, 0) is 6.54 Å². The maximum atomic E-state index is 4.19. The van der Waals surface area contributed by atoms with Crippen molar-refractivity contribution in [3.8, 4) is 0 Å². The molecule has 0 bridgehead atoms. The molecule has 0 saturated heterocycles. The zero-order valence-electron chi connectivity index (χ0n) is 7.73. The number of nitrogens with zero attached hydrogens (tertiary/aromatic N) is 4. The summed E-state index contributed by atoms with van der Waals surface area (Å²) < 4.78 is 0. The van der Waals surface area contributed by atoms with Crippen molar-refractivity contribution >= 4 is 5.95 Å². The molecule has 0 radical (unpaired) electrons. The number of hydrogen-bond acceptors (Lipinski definition) is 5. The van der Waals surface area contributed by atoms with Crippen LogP contribution in [0.3, 0.4) is 0 Å². The van der Waals surface area contributed by atoms with Crippen LogP contribution >= 0.6 is 0 Å². The molecule has 0 fully saturated rings. The first-order valence-electron chi connectivity index (χ1n) is 4.22. The van der Waals surface area contributed by atoms with Crippen molar-refractivity contribution in [2.75, 3.05) is 5.32 Å². The minimum Gasteiger partial charge on any atom is -0.347 e. The first-order chi connectivity index (χ1) is 6.84.